The van der Waals surface area contributed by atoms with Gasteiger partial charge in [0.1, 0.15) is 0 Å². The van der Waals surface area contributed by atoms with E-state index in [1.54, 1.807) is 5.56 Å². The van der Waals surface area contributed by atoms with E-state index in [0.29, 0.717) is 17.4 Å². The van der Waals surface area contributed by atoms with Crippen LogP contribution in [0.4, 0.5) is 0 Å². The van der Waals surface area contributed by atoms with Gasteiger partial charge in [0.15, 0.2) is 0 Å². The lowest BCUT2D eigenvalue weighted by molar-refractivity contribution is -0.0393. The van der Waals surface area contributed by atoms with Crippen LogP contribution in [0.2, 0.25) is 0 Å². The van der Waals surface area contributed by atoms with Gasteiger partial charge in [0.25, 0.3) is 0 Å². The Morgan fingerprint density at radius 1 is 1.00 bits per heavy atom. The molecule has 1 N–H and O–H groups in total. The van der Waals surface area contributed by atoms with Gasteiger partial charge in [-0.2, -0.15) is 0 Å². The van der Waals surface area contributed by atoms with Crippen LogP contribution in [-0.4, -0.2) is 12.6 Å². The zero-order chi connectivity index (χ0) is 15.5. The van der Waals surface area contributed by atoms with Gasteiger partial charge in [-0.25, -0.2) is 0 Å². The molecule has 0 saturated heterocycles. The Balaban J connectivity index is 2.24. The van der Waals surface area contributed by atoms with E-state index in [1.807, 2.05) is 0 Å². The molecular formula is C20H33N. The van der Waals surface area contributed by atoms with E-state index < -0.39 is 0 Å². The summed E-state index contributed by atoms with van der Waals surface area (Å²) in [6.45, 7) is 12.8. The maximum Gasteiger partial charge on any atom is 0.0161 e. The highest BCUT2D eigenvalue weighted by molar-refractivity contribution is 5.33. The minimum absolute atomic E-state index is 0.447. The first-order valence-electron chi connectivity index (χ1n) is 8.96. The highest BCUT2D eigenvalue weighted by Gasteiger charge is 2.57. The number of nitrogens with one attached hydrogen (secondary N) is 1. The van der Waals surface area contributed by atoms with Gasteiger partial charge in [-0.1, -0.05) is 58.9 Å². The minimum atomic E-state index is 0.447. The van der Waals surface area contributed by atoms with E-state index in [4.69, 9.17) is 0 Å². The maximum atomic E-state index is 3.83. The Kier molecular flexibility index (Phi) is 5.48. The van der Waals surface area contributed by atoms with Gasteiger partial charge < -0.3 is 5.32 Å². The normalized spacial score (nSPS) is 27.4. The van der Waals surface area contributed by atoms with E-state index in [0.717, 1.165) is 18.9 Å². The van der Waals surface area contributed by atoms with Crippen molar-refractivity contribution in [3.05, 3.63) is 35.4 Å². The molecule has 118 valence electrons. The van der Waals surface area contributed by atoms with Gasteiger partial charge in [-0.05, 0) is 60.6 Å². The van der Waals surface area contributed by atoms with E-state index in [2.05, 4.69) is 64.2 Å². The third-order valence-corrected chi connectivity index (χ3v) is 5.97. The van der Waals surface area contributed by atoms with Gasteiger partial charge in [-0.3, -0.25) is 0 Å². The molecule has 1 aliphatic carbocycles. The number of hydrogen-bond acceptors (Lipinski definition) is 1. The Morgan fingerprint density at radius 3 is 2.10 bits per heavy atom. The van der Waals surface area contributed by atoms with Crippen molar-refractivity contribution in [2.75, 3.05) is 6.54 Å². The fraction of sp³-hybridized carbons (Fsp3) is 0.700. The summed E-state index contributed by atoms with van der Waals surface area (Å²) in [5, 5.41) is 3.83. The molecule has 2 rings (SSSR count). The van der Waals surface area contributed by atoms with Gasteiger partial charge in [-0.15, -0.1) is 0 Å². The van der Waals surface area contributed by atoms with Crippen molar-refractivity contribution in [2.45, 2.75) is 72.3 Å². The van der Waals surface area contributed by atoms with Crippen LogP contribution in [0.1, 0.15) is 70.9 Å². The third-order valence-electron chi connectivity index (χ3n) is 5.97. The van der Waals surface area contributed by atoms with Crippen LogP contribution in [0, 0.1) is 11.3 Å². The average molecular weight is 287 g/mol. The molecule has 21 heavy (non-hydrogen) atoms. The molecular weight excluding hydrogens is 254 g/mol. The fourth-order valence-electron chi connectivity index (χ4n) is 4.73. The second-order valence-electron chi connectivity index (χ2n) is 6.80. The molecule has 1 heteroatoms. The molecule has 0 spiro atoms. The van der Waals surface area contributed by atoms with E-state index in [9.17, 15) is 0 Å². The van der Waals surface area contributed by atoms with Crippen LogP contribution >= 0.6 is 0 Å². The zero-order valence-corrected chi connectivity index (χ0v) is 14.6. The molecule has 1 aromatic rings. The first-order valence-corrected chi connectivity index (χ1v) is 8.96. The number of benzene rings is 1. The Hall–Kier alpha value is -0.820. The van der Waals surface area contributed by atoms with Gasteiger partial charge in [0.05, 0.1) is 0 Å². The third kappa shape index (κ3) is 2.77. The van der Waals surface area contributed by atoms with Crippen molar-refractivity contribution in [1.82, 2.24) is 5.32 Å². The molecule has 1 aromatic carbocycles. The number of hydrogen-bond donors (Lipinski definition) is 1. The van der Waals surface area contributed by atoms with Crippen LogP contribution in [0.5, 0.6) is 0 Å². The molecule has 0 aromatic heterocycles. The van der Waals surface area contributed by atoms with E-state index in [1.165, 1.54) is 24.8 Å². The van der Waals surface area contributed by atoms with Crippen LogP contribution in [-0.2, 0) is 6.42 Å². The van der Waals surface area contributed by atoms with Crippen molar-refractivity contribution in [2.24, 2.45) is 11.3 Å². The van der Waals surface area contributed by atoms with Crippen molar-refractivity contribution in [3.8, 4) is 0 Å². The first-order chi connectivity index (χ1) is 10.1. The van der Waals surface area contributed by atoms with Crippen molar-refractivity contribution in [1.29, 1.82) is 0 Å². The summed E-state index contributed by atoms with van der Waals surface area (Å²) < 4.78 is 0. The van der Waals surface area contributed by atoms with Crippen LogP contribution in [0.3, 0.4) is 0 Å². The topological polar surface area (TPSA) is 12.0 Å². The van der Waals surface area contributed by atoms with Crippen LogP contribution in [0.15, 0.2) is 24.3 Å². The summed E-state index contributed by atoms with van der Waals surface area (Å²) in [6.07, 6.45) is 4.90. The summed E-state index contributed by atoms with van der Waals surface area (Å²) >= 11 is 0. The number of aryl methyl sites for hydroxylation is 1. The first kappa shape index (κ1) is 16.5. The van der Waals surface area contributed by atoms with Crippen molar-refractivity contribution >= 4 is 0 Å². The largest absolute Gasteiger partial charge is 0.313 e. The SMILES string of the molecule is CCCNC1C(C)C(c2ccc(CC)cc2)C1(CC)CC. The van der Waals surface area contributed by atoms with Crippen LogP contribution in [0.25, 0.3) is 0 Å². The second-order valence-corrected chi connectivity index (χ2v) is 6.80. The molecule has 3 unspecified atom stereocenters. The highest BCUT2D eigenvalue weighted by Crippen LogP contribution is 2.60. The van der Waals surface area contributed by atoms with E-state index >= 15 is 0 Å². The number of rotatable bonds is 7. The van der Waals surface area contributed by atoms with Gasteiger partial charge >= 0.3 is 0 Å². The molecule has 0 heterocycles. The second kappa shape index (κ2) is 6.96. The predicted molar refractivity (Wildman–Crippen MR) is 92.8 cm³/mol. The van der Waals surface area contributed by atoms with Gasteiger partial charge in [0, 0.05) is 6.04 Å². The lowest BCUT2D eigenvalue weighted by atomic mass is 9.46. The molecule has 0 radical (unpaired) electrons. The summed E-state index contributed by atoms with van der Waals surface area (Å²) in [4.78, 5) is 0. The fourth-order valence-corrected chi connectivity index (χ4v) is 4.73. The standard InChI is InChI=1S/C20H33N/c1-6-14-21-19-15(5)18(20(19,8-3)9-4)17-12-10-16(7-2)11-13-17/h10-13,15,18-19,21H,6-9,14H2,1-5H3. The summed E-state index contributed by atoms with van der Waals surface area (Å²) in [6, 6.07) is 10.1. The quantitative estimate of drug-likeness (QED) is 0.730. The molecule has 1 nitrogen and oxygen atoms in total. The van der Waals surface area contributed by atoms with Crippen LogP contribution < -0.4 is 5.32 Å². The molecule has 0 amide bonds. The maximum absolute atomic E-state index is 3.83. The monoisotopic (exact) mass is 287 g/mol. The molecule has 3 atom stereocenters. The summed E-state index contributed by atoms with van der Waals surface area (Å²) in [5.41, 5.74) is 3.45. The van der Waals surface area contributed by atoms with Crippen molar-refractivity contribution < 1.29 is 0 Å². The lowest BCUT2D eigenvalue weighted by Crippen LogP contribution is -2.64. The van der Waals surface area contributed by atoms with E-state index in [-0.39, 0.29) is 0 Å². The molecule has 0 aliphatic heterocycles. The summed E-state index contributed by atoms with van der Waals surface area (Å²) in [7, 11) is 0. The Morgan fingerprint density at radius 2 is 1.62 bits per heavy atom. The summed E-state index contributed by atoms with van der Waals surface area (Å²) in [5.74, 6) is 1.46. The minimum Gasteiger partial charge on any atom is -0.313 e. The molecule has 1 saturated carbocycles. The van der Waals surface area contributed by atoms with Gasteiger partial charge in [0.2, 0.25) is 0 Å². The Bertz CT molecular complexity index is 430. The molecule has 0 bridgehead atoms. The predicted octanol–water partition coefficient (Wildman–Crippen LogP) is 5.16. The average Bonchev–Trinajstić information content (AvgIpc) is 2.53. The smallest absolute Gasteiger partial charge is 0.0161 e. The zero-order valence-electron chi connectivity index (χ0n) is 14.6. The molecule has 1 aliphatic rings. The lowest BCUT2D eigenvalue weighted by Gasteiger charge is -2.61. The van der Waals surface area contributed by atoms with Crippen molar-refractivity contribution in [3.63, 3.8) is 0 Å². The Labute approximate surface area is 131 Å². The molecule has 1 fully saturated rings. The highest BCUT2D eigenvalue weighted by atomic mass is 15.0.